The van der Waals surface area contributed by atoms with Crippen LogP contribution in [0.25, 0.3) is 0 Å². The second kappa shape index (κ2) is 5.10. The molecule has 0 unspecified atom stereocenters. The molecule has 1 rings (SSSR count). The van der Waals surface area contributed by atoms with E-state index < -0.39 is 0 Å². The highest BCUT2D eigenvalue weighted by atomic mass is 35.5. The average molecular weight is 214 g/mol. The molecule has 4 heteroatoms. The number of carbonyl (C=O) groups excluding carboxylic acids is 1. The molecule has 0 heterocycles. The molecule has 0 aromatic heterocycles. The van der Waals surface area contributed by atoms with Crippen molar-refractivity contribution in [2.75, 3.05) is 13.1 Å². The first-order valence-corrected chi connectivity index (χ1v) is 4.74. The van der Waals surface area contributed by atoms with Gasteiger partial charge in [-0.3, -0.25) is 4.79 Å². The second-order valence-corrected chi connectivity index (χ2v) is 3.35. The number of hydroxylamine groups is 2. The summed E-state index contributed by atoms with van der Waals surface area (Å²) in [5.41, 5.74) is 0.519. The maximum atomic E-state index is 11.5. The van der Waals surface area contributed by atoms with E-state index >= 15 is 0 Å². The number of likely N-dealkylation sites (N-methyl/N-ethyl adjacent to an activating group) is 1. The molecular formula is C10H12ClNO2. The van der Waals surface area contributed by atoms with Crippen molar-refractivity contribution in [1.29, 1.82) is 0 Å². The zero-order valence-corrected chi connectivity index (χ0v) is 8.66. The van der Waals surface area contributed by atoms with Crippen molar-refractivity contribution in [2.45, 2.75) is 6.92 Å². The van der Waals surface area contributed by atoms with Gasteiger partial charge in [-0.2, -0.15) is 5.06 Å². The summed E-state index contributed by atoms with van der Waals surface area (Å²) in [4.78, 5) is 11.5. The van der Waals surface area contributed by atoms with Crippen LogP contribution in [0.2, 0.25) is 5.02 Å². The zero-order chi connectivity index (χ0) is 10.6. The smallest absolute Gasteiger partial charge is 0.179 e. The fraction of sp³-hybridized carbons (Fsp3) is 0.300. The first-order chi connectivity index (χ1) is 6.63. The number of hydrogen-bond donors (Lipinski definition) is 1. The van der Waals surface area contributed by atoms with Gasteiger partial charge in [0.05, 0.1) is 6.54 Å². The number of hydrogen-bond acceptors (Lipinski definition) is 3. The third-order valence-electron chi connectivity index (χ3n) is 1.84. The van der Waals surface area contributed by atoms with E-state index in [0.717, 1.165) is 5.06 Å². The van der Waals surface area contributed by atoms with Crippen LogP contribution < -0.4 is 0 Å². The Bertz CT molecular complexity index is 328. The predicted octanol–water partition coefficient (Wildman–Crippen LogP) is 2.23. The van der Waals surface area contributed by atoms with Crippen molar-refractivity contribution >= 4 is 17.4 Å². The van der Waals surface area contributed by atoms with Gasteiger partial charge in [0.15, 0.2) is 5.78 Å². The number of rotatable bonds is 4. The molecule has 0 aliphatic rings. The highest BCUT2D eigenvalue weighted by Crippen LogP contribution is 2.11. The van der Waals surface area contributed by atoms with Gasteiger partial charge in [0.1, 0.15) is 0 Å². The molecule has 76 valence electrons. The lowest BCUT2D eigenvalue weighted by molar-refractivity contribution is -0.0770. The fourth-order valence-corrected chi connectivity index (χ4v) is 1.22. The van der Waals surface area contributed by atoms with E-state index in [2.05, 4.69) is 0 Å². The highest BCUT2D eigenvalue weighted by molar-refractivity contribution is 6.31. The van der Waals surface area contributed by atoms with Gasteiger partial charge in [-0.15, -0.1) is 0 Å². The Morgan fingerprint density at radius 1 is 1.57 bits per heavy atom. The van der Waals surface area contributed by atoms with Gasteiger partial charge >= 0.3 is 0 Å². The quantitative estimate of drug-likeness (QED) is 0.616. The summed E-state index contributed by atoms with van der Waals surface area (Å²) in [6.45, 7) is 2.19. The lowest BCUT2D eigenvalue weighted by Gasteiger charge is -2.10. The molecular weight excluding hydrogens is 202 g/mol. The minimum absolute atomic E-state index is 0.00313. The SMILES string of the molecule is CCN(O)CC(=O)c1cccc(Cl)c1. The second-order valence-electron chi connectivity index (χ2n) is 2.91. The lowest BCUT2D eigenvalue weighted by Crippen LogP contribution is -2.26. The predicted molar refractivity (Wildman–Crippen MR) is 54.8 cm³/mol. The van der Waals surface area contributed by atoms with Crippen LogP contribution in [0.1, 0.15) is 17.3 Å². The van der Waals surface area contributed by atoms with Crippen molar-refractivity contribution < 1.29 is 10.0 Å². The van der Waals surface area contributed by atoms with E-state index in [-0.39, 0.29) is 12.3 Å². The molecule has 0 atom stereocenters. The van der Waals surface area contributed by atoms with Crippen LogP contribution in [-0.4, -0.2) is 29.1 Å². The Labute approximate surface area is 87.9 Å². The Hall–Kier alpha value is -0.900. The number of nitrogens with zero attached hydrogens (tertiary/aromatic N) is 1. The summed E-state index contributed by atoms with van der Waals surface area (Å²) < 4.78 is 0. The standard InChI is InChI=1S/C10H12ClNO2/c1-2-12(14)7-10(13)8-4-3-5-9(11)6-8/h3-6,14H,2,7H2,1H3. The molecule has 0 amide bonds. The molecule has 0 aliphatic heterocycles. The van der Waals surface area contributed by atoms with E-state index in [0.29, 0.717) is 17.1 Å². The summed E-state index contributed by atoms with van der Waals surface area (Å²) in [6.07, 6.45) is 0. The number of carbonyl (C=O) groups is 1. The first kappa shape index (κ1) is 11.2. The van der Waals surface area contributed by atoms with Crippen LogP contribution >= 0.6 is 11.6 Å². The lowest BCUT2D eigenvalue weighted by atomic mass is 10.1. The van der Waals surface area contributed by atoms with Gasteiger partial charge in [-0.05, 0) is 12.1 Å². The van der Waals surface area contributed by atoms with Crippen LogP contribution in [0.5, 0.6) is 0 Å². The normalized spacial score (nSPS) is 10.6. The third kappa shape index (κ3) is 3.10. The van der Waals surface area contributed by atoms with Crippen molar-refractivity contribution in [3.8, 4) is 0 Å². The Kier molecular flexibility index (Phi) is 4.07. The van der Waals surface area contributed by atoms with Gasteiger partial charge in [0.25, 0.3) is 0 Å². The Morgan fingerprint density at radius 3 is 2.86 bits per heavy atom. The van der Waals surface area contributed by atoms with Crippen molar-refractivity contribution in [3.63, 3.8) is 0 Å². The fourth-order valence-electron chi connectivity index (χ4n) is 1.03. The number of benzene rings is 1. The summed E-state index contributed by atoms with van der Waals surface area (Å²) >= 11 is 5.73. The molecule has 0 radical (unpaired) electrons. The van der Waals surface area contributed by atoms with Gasteiger partial charge in [-0.1, -0.05) is 30.7 Å². The minimum atomic E-state index is -0.142. The molecule has 14 heavy (non-hydrogen) atoms. The Balaban J connectivity index is 2.70. The molecule has 1 aromatic rings. The van der Waals surface area contributed by atoms with Gasteiger partial charge in [0.2, 0.25) is 0 Å². The van der Waals surface area contributed by atoms with Crippen LogP contribution in [0.15, 0.2) is 24.3 Å². The number of halogens is 1. The van der Waals surface area contributed by atoms with E-state index in [1.807, 2.05) is 0 Å². The summed E-state index contributed by atoms with van der Waals surface area (Å²) in [5.74, 6) is -0.142. The third-order valence-corrected chi connectivity index (χ3v) is 2.07. The van der Waals surface area contributed by atoms with E-state index in [9.17, 15) is 4.79 Å². The topological polar surface area (TPSA) is 40.5 Å². The zero-order valence-electron chi connectivity index (χ0n) is 7.90. The molecule has 1 aromatic carbocycles. The number of Topliss-reactive ketones (excluding diaryl/α,β-unsaturated/α-hetero) is 1. The summed E-state index contributed by atoms with van der Waals surface area (Å²) in [7, 11) is 0. The maximum Gasteiger partial charge on any atom is 0.179 e. The molecule has 0 aliphatic carbocycles. The molecule has 1 N–H and O–H groups in total. The molecule has 0 spiro atoms. The average Bonchev–Trinajstić information content (AvgIpc) is 2.17. The van der Waals surface area contributed by atoms with Gasteiger partial charge in [0, 0.05) is 17.1 Å². The Morgan fingerprint density at radius 2 is 2.29 bits per heavy atom. The van der Waals surface area contributed by atoms with Crippen LogP contribution in [-0.2, 0) is 0 Å². The molecule has 0 fully saturated rings. The summed E-state index contributed by atoms with van der Waals surface area (Å²) in [6, 6.07) is 6.68. The van der Waals surface area contributed by atoms with E-state index in [4.69, 9.17) is 16.8 Å². The van der Waals surface area contributed by atoms with Crippen molar-refractivity contribution in [2.24, 2.45) is 0 Å². The largest absolute Gasteiger partial charge is 0.314 e. The van der Waals surface area contributed by atoms with Crippen molar-refractivity contribution in [1.82, 2.24) is 5.06 Å². The van der Waals surface area contributed by atoms with E-state index in [1.165, 1.54) is 0 Å². The van der Waals surface area contributed by atoms with Gasteiger partial charge < -0.3 is 5.21 Å². The van der Waals surface area contributed by atoms with Gasteiger partial charge in [-0.25, -0.2) is 0 Å². The molecule has 0 saturated carbocycles. The molecule has 0 saturated heterocycles. The molecule has 0 bridgehead atoms. The van der Waals surface area contributed by atoms with Crippen LogP contribution in [0.3, 0.4) is 0 Å². The monoisotopic (exact) mass is 213 g/mol. The van der Waals surface area contributed by atoms with Crippen LogP contribution in [0.4, 0.5) is 0 Å². The summed E-state index contributed by atoms with van der Waals surface area (Å²) in [5, 5.41) is 10.6. The van der Waals surface area contributed by atoms with E-state index in [1.54, 1.807) is 31.2 Å². The van der Waals surface area contributed by atoms with Crippen LogP contribution in [0, 0.1) is 0 Å². The molecule has 3 nitrogen and oxygen atoms in total. The van der Waals surface area contributed by atoms with Crippen molar-refractivity contribution in [3.05, 3.63) is 34.9 Å². The maximum absolute atomic E-state index is 11.5. The first-order valence-electron chi connectivity index (χ1n) is 4.36. The highest BCUT2D eigenvalue weighted by Gasteiger charge is 2.09. The minimum Gasteiger partial charge on any atom is -0.314 e. The number of ketones is 1.